The molecule has 0 spiro atoms. The molecule has 0 saturated carbocycles. The zero-order chi connectivity index (χ0) is 12.2. The maximum atomic E-state index is 2.37. The molecule has 0 fully saturated rings. The van der Waals surface area contributed by atoms with Crippen molar-refractivity contribution in [3.05, 3.63) is 0 Å². The van der Waals surface area contributed by atoms with Crippen LogP contribution < -0.4 is 0 Å². The van der Waals surface area contributed by atoms with E-state index in [1.54, 1.807) is 0 Å². The van der Waals surface area contributed by atoms with E-state index >= 15 is 0 Å². The van der Waals surface area contributed by atoms with E-state index in [0.717, 1.165) is 11.8 Å². The first-order chi connectivity index (χ1) is 7.70. The van der Waals surface area contributed by atoms with Crippen molar-refractivity contribution in [3.8, 4) is 0 Å². The lowest BCUT2D eigenvalue weighted by atomic mass is 9.88. The molecule has 0 amide bonds. The summed E-state index contributed by atoms with van der Waals surface area (Å²) in [6.07, 6.45) is 14.4. The SMILES string of the molecule is CCCCCCCC(CCCC)CC(C)C. The topological polar surface area (TPSA) is 0 Å². The van der Waals surface area contributed by atoms with Gasteiger partial charge in [-0.1, -0.05) is 85.5 Å². The fraction of sp³-hybridized carbons (Fsp3) is 1.00. The molecule has 0 N–H and O–H groups in total. The van der Waals surface area contributed by atoms with Gasteiger partial charge in [-0.2, -0.15) is 0 Å². The molecule has 0 aliphatic rings. The van der Waals surface area contributed by atoms with Gasteiger partial charge in [-0.25, -0.2) is 0 Å². The smallest absolute Gasteiger partial charge is 0.0412 e. The molecule has 0 rings (SSSR count). The second kappa shape index (κ2) is 11.5. The molecule has 0 aromatic rings. The fourth-order valence-electron chi connectivity index (χ4n) is 2.58. The zero-order valence-corrected chi connectivity index (χ0v) is 12.2. The maximum Gasteiger partial charge on any atom is -0.0412 e. The van der Waals surface area contributed by atoms with Crippen molar-refractivity contribution in [2.75, 3.05) is 0 Å². The van der Waals surface area contributed by atoms with Crippen LogP contribution in [-0.4, -0.2) is 0 Å². The molecule has 1 unspecified atom stereocenters. The van der Waals surface area contributed by atoms with Gasteiger partial charge in [0, 0.05) is 0 Å². The van der Waals surface area contributed by atoms with Gasteiger partial charge >= 0.3 is 0 Å². The van der Waals surface area contributed by atoms with Gasteiger partial charge in [0.25, 0.3) is 0 Å². The number of hydrogen-bond acceptors (Lipinski definition) is 0. The van der Waals surface area contributed by atoms with Crippen LogP contribution in [0.25, 0.3) is 0 Å². The average Bonchev–Trinajstić information content (AvgIpc) is 2.24. The Morgan fingerprint density at radius 1 is 0.688 bits per heavy atom. The molecule has 1 atom stereocenters. The Labute approximate surface area is 104 Å². The van der Waals surface area contributed by atoms with Gasteiger partial charge in [0.15, 0.2) is 0 Å². The Kier molecular flexibility index (Phi) is 11.5. The van der Waals surface area contributed by atoms with Crippen LogP contribution in [0.15, 0.2) is 0 Å². The first kappa shape index (κ1) is 16.0. The minimum absolute atomic E-state index is 0.887. The van der Waals surface area contributed by atoms with Crippen LogP contribution in [0.3, 0.4) is 0 Å². The lowest BCUT2D eigenvalue weighted by Crippen LogP contribution is -2.05. The Morgan fingerprint density at radius 3 is 1.81 bits per heavy atom. The monoisotopic (exact) mass is 226 g/mol. The third-order valence-electron chi connectivity index (χ3n) is 3.49. The standard InChI is InChI=1S/C16H34/c1-5-7-9-10-11-13-16(12-8-6-2)14-15(3)4/h15-16H,5-14H2,1-4H3. The third kappa shape index (κ3) is 10.5. The van der Waals surface area contributed by atoms with Crippen LogP contribution >= 0.6 is 0 Å². The molecule has 0 nitrogen and oxygen atoms in total. The Bertz CT molecular complexity index is 126. The van der Waals surface area contributed by atoms with Gasteiger partial charge in [0.05, 0.1) is 0 Å². The molecule has 0 aromatic carbocycles. The van der Waals surface area contributed by atoms with E-state index in [2.05, 4.69) is 27.7 Å². The van der Waals surface area contributed by atoms with Gasteiger partial charge in [-0.15, -0.1) is 0 Å². The van der Waals surface area contributed by atoms with Gasteiger partial charge in [0.1, 0.15) is 0 Å². The Balaban J connectivity index is 3.56. The van der Waals surface area contributed by atoms with Crippen LogP contribution in [0.2, 0.25) is 0 Å². The van der Waals surface area contributed by atoms with E-state index in [9.17, 15) is 0 Å². The lowest BCUT2D eigenvalue weighted by molar-refractivity contribution is 0.343. The molecular formula is C16H34. The second-order valence-corrected chi connectivity index (χ2v) is 5.84. The summed E-state index contributed by atoms with van der Waals surface area (Å²) in [5, 5.41) is 0. The lowest BCUT2D eigenvalue weighted by Gasteiger charge is -2.18. The molecule has 0 aromatic heterocycles. The van der Waals surface area contributed by atoms with Gasteiger partial charge in [0.2, 0.25) is 0 Å². The van der Waals surface area contributed by atoms with Crippen molar-refractivity contribution >= 4 is 0 Å². The quantitative estimate of drug-likeness (QED) is 0.368. The Hall–Kier alpha value is 0. The summed E-state index contributed by atoms with van der Waals surface area (Å²) in [7, 11) is 0. The summed E-state index contributed by atoms with van der Waals surface area (Å²) in [5.74, 6) is 1.90. The maximum absolute atomic E-state index is 2.37. The highest BCUT2D eigenvalue weighted by molar-refractivity contribution is 4.62. The van der Waals surface area contributed by atoms with Gasteiger partial charge < -0.3 is 0 Å². The van der Waals surface area contributed by atoms with Crippen molar-refractivity contribution in [1.82, 2.24) is 0 Å². The van der Waals surface area contributed by atoms with E-state index < -0.39 is 0 Å². The summed E-state index contributed by atoms with van der Waals surface area (Å²) >= 11 is 0. The highest BCUT2D eigenvalue weighted by atomic mass is 14.2. The van der Waals surface area contributed by atoms with Crippen molar-refractivity contribution in [3.63, 3.8) is 0 Å². The van der Waals surface area contributed by atoms with E-state index in [0.29, 0.717) is 0 Å². The van der Waals surface area contributed by atoms with Crippen LogP contribution in [-0.2, 0) is 0 Å². The number of hydrogen-bond donors (Lipinski definition) is 0. The van der Waals surface area contributed by atoms with E-state index in [1.165, 1.54) is 64.2 Å². The summed E-state index contributed by atoms with van der Waals surface area (Å²) < 4.78 is 0. The molecule has 0 heteroatoms. The number of unbranched alkanes of at least 4 members (excludes halogenated alkanes) is 5. The van der Waals surface area contributed by atoms with Gasteiger partial charge in [-0.05, 0) is 18.3 Å². The van der Waals surface area contributed by atoms with Crippen molar-refractivity contribution in [2.24, 2.45) is 11.8 Å². The van der Waals surface area contributed by atoms with E-state index in [4.69, 9.17) is 0 Å². The van der Waals surface area contributed by atoms with Crippen LogP contribution in [0.5, 0.6) is 0 Å². The predicted octanol–water partition coefficient (Wildman–Crippen LogP) is 6.20. The minimum Gasteiger partial charge on any atom is -0.0654 e. The van der Waals surface area contributed by atoms with Crippen LogP contribution in [0.4, 0.5) is 0 Å². The first-order valence-corrected chi connectivity index (χ1v) is 7.70. The molecule has 0 aliphatic heterocycles. The van der Waals surface area contributed by atoms with Crippen molar-refractivity contribution in [2.45, 2.75) is 91.9 Å². The van der Waals surface area contributed by atoms with E-state index in [1.807, 2.05) is 0 Å². The second-order valence-electron chi connectivity index (χ2n) is 5.84. The summed E-state index contributed by atoms with van der Waals surface area (Å²) in [4.78, 5) is 0. The predicted molar refractivity (Wildman–Crippen MR) is 75.8 cm³/mol. The molecule has 0 saturated heterocycles. The largest absolute Gasteiger partial charge is 0.0654 e. The van der Waals surface area contributed by atoms with Crippen LogP contribution in [0.1, 0.15) is 91.9 Å². The van der Waals surface area contributed by atoms with Crippen molar-refractivity contribution < 1.29 is 0 Å². The van der Waals surface area contributed by atoms with Crippen molar-refractivity contribution in [1.29, 1.82) is 0 Å². The van der Waals surface area contributed by atoms with Gasteiger partial charge in [-0.3, -0.25) is 0 Å². The summed E-state index contributed by atoms with van der Waals surface area (Å²) in [5.41, 5.74) is 0. The molecule has 0 heterocycles. The minimum atomic E-state index is 0.887. The molecule has 0 radical (unpaired) electrons. The third-order valence-corrected chi connectivity index (χ3v) is 3.49. The molecule has 0 bridgehead atoms. The normalized spacial score (nSPS) is 13.3. The molecule has 16 heavy (non-hydrogen) atoms. The number of rotatable bonds is 11. The average molecular weight is 226 g/mol. The summed E-state index contributed by atoms with van der Waals surface area (Å²) in [6.45, 7) is 9.35. The highest BCUT2D eigenvalue weighted by Crippen LogP contribution is 2.24. The van der Waals surface area contributed by atoms with Crippen LogP contribution in [0, 0.1) is 11.8 Å². The molecule has 0 aliphatic carbocycles. The highest BCUT2D eigenvalue weighted by Gasteiger charge is 2.09. The Morgan fingerprint density at radius 2 is 1.25 bits per heavy atom. The first-order valence-electron chi connectivity index (χ1n) is 7.70. The summed E-state index contributed by atoms with van der Waals surface area (Å²) in [6, 6.07) is 0. The molecular weight excluding hydrogens is 192 g/mol. The van der Waals surface area contributed by atoms with E-state index in [-0.39, 0.29) is 0 Å². The zero-order valence-electron chi connectivity index (χ0n) is 12.2. The molecule has 98 valence electrons. The fourth-order valence-corrected chi connectivity index (χ4v) is 2.58.